The largest absolute Gasteiger partial charge is 0.493 e. The van der Waals surface area contributed by atoms with Crippen molar-refractivity contribution in [1.82, 2.24) is 24.0 Å². The van der Waals surface area contributed by atoms with Gasteiger partial charge in [0.15, 0.2) is 17.2 Å². The summed E-state index contributed by atoms with van der Waals surface area (Å²) in [5.74, 6) is -2.91. The first kappa shape index (κ1) is 48.3. The number of nitriles is 1. The summed E-state index contributed by atoms with van der Waals surface area (Å²) in [5, 5.41) is 33.0. The summed E-state index contributed by atoms with van der Waals surface area (Å²) >= 11 is 0. The average molecular weight is 909 g/mol. The number of aliphatic hydroxyl groups excluding tert-OH is 1. The van der Waals surface area contributed by atoms with Gasteiger partial charge in [-0.05, 0) is 44.4 Å². The summed E-state index contributed by atoms with van der Waals surface area (Å²) in [6.07, 6.45) is -3.07. The molecule has 2 unspecified atom stereocenters. The molecule has 0 bridgehead atoms. The van der Waals surface area contributed by atoms with Crippen molar-refractivity contribution in [3.8, 4) is 17.6 Å². The Balaban J connectivity index is 1.50. The molecule has 19 nitrogen and oxygen atoms in total. The Morgan fingerprint density at radius 2 is 1.53 bits per heavy atom. The second kappa shape index (κ2) is 20.8. The number of carbonyl (C=O) groups is 2. The number of nitrogens with one attached hydrogen (secondary N) is 2. The summed E-state index contributed by atoms with van der Waals surface area (Å²) < 4.78 is 33.3. The molecule has 0 saturated carbocycles. The number of aliphatic hydroxyl groups is 1. The lowest BCUT2D eigenvalue weighted by atomic mass is 9.79. The molecule has 1 aliphatic heterocycles. The molecule has 0 aliphatic carbocycles. The lowest BCUT2D eigenvalue weighted by molar-refractivity contribution is -0.173. The minimum absolute atomic E-state index is 0.0977. The number of aliphatic carboxylic acids is 1. The third-order valence-electron chi connectivity index (χ3n) is 11.8. The number of carbonyl (C=O) groups excluding carboxylic acids is 1. The van der Waals surface area contributed by atoms with Crippen LogP contribution in [0.3, 0.4) is 0 Å². The van der Waals surface area contributed by atoms with Crippen molar-refractivity contribution in [3.63, 3.8) is 0 Å². The van der Waals surface area contributed by atoms with E-state index in [1.807, 2.05) is 66.7 Å². The molecule has 1 saturated heterocycles. The van der Waals surface area contributed by atoms with Crippen LogP contribution in [-0.4, -0.2) is 98.5 Å². The molecular weight excluding hydrogens is 857 g/mol. The Morgan fingerprint density at radius 3 is 2.11 bits per heavy atom. The van der Waals surface area contributed by atoms with Gasteiger partial charge in [0, 0.05) is 61.0 Å². The first-order valence-electron chi connectivity index (χ1n) is 21.1. The molecule has 66 heavy (non-hydrogen) atoms. The van der Waals surface area contributed by atoms with Crippen LogP contribution in [0.15, 0.2) is 110 Å². The summed E-state index contributed by atoms with van der Waals surface area (Å²) in [4.78, 5) is 83.7. The number of aromatic amines is 2. The molecular formula is C47H52N6O13. The van der Waals surface area contributed by atoms with Crippen LogP contribution in [0.25, 0.3) is 0 Å². The zero-order valence-electron chi connectivity index (χ0n) is 37.1. The van der Waals surface area contributed by atoms with E-state index in [1.165, 1.54) is 41.2 Å². The van der Waals surface area contributed by atoms with Gasteiger partial charge in [-0.15, -0.1) is 0 Å². The van der Waals surface area contributed by atoms with Crippen molar-refractivity contribution in [3.05, 3.63) is 161 Å². The number of para-hydroxylation sites is 1. The van der Waals surface area contributed by atoms with E-state index < -0.39 is 83.1 Å². The predicted octanol–water partition coefficient (Wildman–Crippen LogP) is 2.73. The number of H-pyrrole nitrogens is 2. The molecule has 0 spiro atoms. The standard InChI is InChI=1S/C47H52N6O13/c1-6-64-42(43(58)59)52(37(54)27-51-25-29(2)40(56)49-44(51)60)24-21-33-38(55)36(66-46(33,22-14-23-48)53-26-30(3)41(57)50-45(53)61)28-65-47(31-15-9-7-10-16-31,32-17-11-8-12-18-32)34-19-13-20-35(62-4)39(34)63-5/h7-13,15-20,25-26,33,36,38,42,55H,6,14,21-22,24,27-28H2,1-5H3,(H,58,59)(H,49,56,60)(H,50,57,61)/t33?,36-,38+,42?,46-/m1/s1. The normalized spacial score (nSPS) is 18.6. The van der Waals surface area contributed by atoms with Crippen LogP contribution in [0.2, 0.25) is 0 Å². The lowest BCUT2D eigenvalue weighted by Gasteiger charge is -2.38. The van der Waals surface area contributed by atoms with Gasteiger partial charge in [-0.25, -0.2) is 14.4 Å². The summed E-state index contributed by atoms with van der Waals surface area (Å²) in [6, 6.07) is 25.9. The molecule has 2 aromatic heterocycles. The quantitative estimate of drug-likeness (QED) is 0.0647. The van der Waals surface area contributed by atoms with Gasteiger partial charge in [-0.2, -0.15) is 5.26 Å². The molecule has 1 fully saturated rings. The highest BCUT2D eigenvalue weighted by molar-refractivity contribution is 5.82. The zero-order valence-corrected chi connectivity index (χ0v) is 37.1. The number of carboxylic acid groups (broad SMARTS) is 1. The number of hydrogen-bond donors (Lipinski definition) is 4. The third kappa shape index (κ3) is 9.48. The number of ether oxygens (including phenoxy) is 5. The Labute approximate surface area is 378 Å². The van der Waals surface area contributed by atoms with Gasteiger partial charge in [-0.1, -0.05) is 72.8 Å². The highest BCUT2D eigenvalue weighted by Gasteiger charge is 2.57. The number of hydrogen-bond acceptors (Lipinski definition) is 13. The first-order chi connectivity index (χ1) is 31.7. The van der Waals surface area contributed by atoms with Crippen molar-refractivity contribution in [2.75, 3.05) is 34.0 Å². The molecule has 1 amide bonds. The van der Waals surface area contributed by atoms with E-state index in [9.17, 15) is 44.2 Å². The van der Waals surface area contributed by atoms with Crippen LogP contribution >= 0.6 is 0 Å². The minimum atomic E-state index is -1.92. The summed E-state index contributed by atoms with van der Waals surface area (Å²) in [5.41, 5.74) is -4.56. The van der Waals surface area contributed by atoms with Crippen LogP contribution in [0, 0.1) is 31.1 Å². The molecule has 0 radical (unpaired) electrons. The van der Waals surface area contributed by atoms with Gasteiger partial charge in [0.05, 0.1) is 33.0 Å². The molecule has 6 rings (SSSR count). The zero-order chi connectivity index (χ0) is 47.8. The number of amides is 1. The third-order valence-corrected chi connectivity index (χ3v) is 11.8. The van der Waals surface area contributed by atoms with E-state index in [2.05, 4.69) is 16.0 Å². The molecule has 1 aliphatic rings. The molecule has 3 heterocycles. The summed E-state index contributed by atoms with van der Waals surface area (Å²) in [7, 11) is 3.00. The van der Waals surface area contributed by atoms with E-state index in [-0.39, 0.29) is 43.6 Å². The van der Waals surface area contributed by atoms with E-state index in [0.717, 1.165) is 20.2 Å². The number of carboxylic acids is 1. The average Bonchev–Trinajstić information content (AvgIpc) is 3.58. The van der Waals surface area contributed by atoms with Crippen molar-refractivity contribution < 1.29 is 43.5 Å². The van der Waals surface area contributed by atoms with Crippen LogP contribution in [0.4, 0.5) is 0 Å². The molecule has 3 aromatic carbocycles. The number of nitrogens with zero attached hydrogens (tertiary/aromatic N) is 4. The molecule has 19 heteroatoms. The number of methoxy groups -OCH3 is 2. The second-order valence-corrected chi connectivity index (χ2v) is 15.7. The van der Waals surface area contributed by atoms with Crippen molar-refractivity contribution in [2.24, 2.45) is 5.92 Å². The topological polar surface area (TPSA) is 258 Å². The van der Waals surface area contributed by atoms with Crippen molar-refractivity contribution in [1.29, 1.82) is 5.26 Å². The smallest absolute Gasteiger partial charge is 0.354 e. The first-order valence-corrected chi connectivity index (χ1v) is 21.1. The van der Waals surface area contributed by atoms with Gasteiger partial charge in [0.25, 0.3) is 11.1 Å². The molecule has 348 valence electrons. The fourth-order valence-electron chi connectivity index (χ4n) is 8.67. The van der Waals surface area contributed by atoms with E-state index >= 15 is 0 Å². The number of benzene rings is 3. The molecule has 4 N–H and O–H groups in total. The maximum absolute atomic E-state index is 14.1. The molecule has 5 aromatic rings. The maximum atomic E-state index is 14.1. The Morgan fingerprint density at radius 1 is 0.909 bits per heavy atom. The fraction of sp³-hybridized carbons (Fsp3) is 0.383. The van der Waals surface area contributed by atoms with E-state index in [1.54, 1.807) is 12.1 Å². The minimum Gasteiger partial charge on any atom is -0.493 e. The lowest BCUT2D eigenvalue weighted by Crippen LogP contribution is -2.52. The van der Waals surface area contributed by atoms with E-state index in [0.29, 0.717) is 28.2 Å². The number of aryl methyl sites for hydroxylation is 2. The SMILES string of the molecule is CCOC(C(=O)O)N(CCC1[C@H](O)[C@@H](COC(c2ccccc2)(c2ccccc2)c2cccc(OC)c2OC)O[C@@]1(CCC#N)n1cc(C)c(=O)[nH]c1=O)C(=O)Cn1cc(C)c(=O)[nH]c1=O. The second-order valence-electron chi connectivity index (χ2n) is 15.7. The number of rotatable bonds is 20. The van der Waals surface area contributed by atoms with Crippen molar-refractivity contribution >= 4 is 11.9 Å². The van der Waals surface area contributed by atoms with E-state index in [4.69, 9.17) is 23.7 Å². The maximum Gasteiger partial charge on any atom is 0.354 e. The predicted molar refractivity (Wildman–Crippen MR) is 237 cm³/mol. The summed E-state index contributed by atoms with van der Waals surface area (Å²) in [6.45, 7) is 2.71. The van der Waals surface area contributed by atoms with Crippen LogP contribution < -0.4 is 32.0 Å². The monoisotopic (exact) mass is 908 g/mol. The van der Waals surface area contributed by atoms with Gasteiger partial charge in [0.2, 0.25) is 12.1 Å². The van der Waals surface area contributed by atoms with Gasteiger partial charge in [0.1, 0.15) is 18.2 Å². The Bertz CT molecular complexity index is 2760. The highest BCUT2D eigenvalue weighted by Crippen LogP contribution is 2.50. The van der Waals surface area contributed by atoms with Gasteiger partial charge >= 0.3 is 17.3 Å². The fourth-order valence-corrected chi connectivity index (χ4v) is 8.67. The number of aromatic nitrogens is 4. The van der Waals surface area contributed by atoms with Crippen LogP contribution in [-0.2, 0) is 41.7 Å². The van der Waals surface area contributed by atoms with Gasteiger partial charge < -0.3 is 38.8 Å². The Hall–Kier alpha value is -7.11. The van der Waals surface area contributed by atoms with Crippen LogP contribution in [0.1, 0.15) is 54.0 Å². The van der Waals surface area contributed by atoms with Crippen LogP contribution in [0.5, 0.6) is 11.5 Å². The Kier molecular flexibility index (Phi) is 15.2. The molecule has 5 atom stereocenters. The highest BCUT2D eigenvalue weighted by atomic mass is 16.6. The van der Waals surface area contributed by atoms with Crippen molar-refractivity contribution in [2.45, 2.75) is 76.3 Å². The van der Waals surface area contributed by atoms with Gasteiger partial charge in [-0.3, -0.25) is 33.5 Å².